The van der Waals surface area contributed by atoms with Gasteiger partial charge in [0.2, 0.25) is 0 Å². The van der Waals surface area contributed by atoms with Crippen LogP contribution in [0.25, 0.3) is 0 Å². The van der Waals surface area contributed by atoms with Gasteiger partial charge in [-0.05, 0) is 50.1 Å². The Morgan fingerprint density at radius 3 is 2.62 bits per heavy atom. The Balaban J connectivity index is 2.40. The van der Waals surface area contributed by atoms with Gasteiger partial charge in [-0.2, -0.15) is 0 Å². The third-order valence-corrected chi connectivity index (χ3v) is 3.15. The van der Waals surface area contributed by atoms with Gasteiger partial charge in [0, 0.05) is 18.3 Å². The SMILES string of the molecule is CCNC(=O)c1ccc(N)cc1Oc1cc(C)ccc1C. The summed E-state index contributed by atoms with van der Waals surface area (Å²) in [7, 11) is 0. The largest absolute Gasteiger partial charge is 0.456 e. The number of aryl methyl sites for hydroxylation is 2. The van der Waals surface area contributed by atoms with Crippen LogP contribution in [0.3, 0.4) is 0 Å². The fourth-order valence-electron chi connectivity index (χ4n) is 2.00. The Morgan fingerprint density at radius 1 is 1.14 bits per heavy atom. The lowest BCUT2D eigenvalue weighted by atomic mass is 10.1. The molecule has 2 rings (SSSR count). The molecular weight excluding hydrogens is 264 g/mol. The minimum atomic E-state index is -0.169. The molecule has 0 bridgehead atoms. The molecule has 2 aromatic rings. The molecule has 0 aliphatic heterocycles. The lowest BCUT2D eigenvalue weighted by molar-refractivity contribution is 0.0953. The molecule has 0 unspecified atom stereocenters. The lowest BCUT2D eigenvalue weighted by Crippen LogP contribution is -2.23. The normalized spacial score (nSPS) is 10.2. The zero-order chi connectivity index (χ0) is 15.4. The molecule has 21 heavy (non-hydrogen) atoms. The Hall–Kier alpha value is -2.49. The molecule has 3 N–H and O–H groups in total. The van der Waals surface area contributed by atoms with Gasteiger partial charge in [0.25, 0.3) is 5.91 Å². The number of carbonyl (C=O) groups excluding carboxylic acids is 1. The van der Waals surface area contributed by atoms with Gasteiger partial charge in [-0.25, -0.2) is 0 Å². The predicted octanol–water partition coefficient (Wildman–Crippen LogP) is 3.43. The number of nitrogens with two attached hydrogens (primary N) is 1. The number of amides is 1. The van der Waals surface area contributed by atoms with Crippen molar-refractivity contribution in [2.45, 2.75) is 20.8 Å². The van der Waals surface area contributed by atoms with Crippen LogP contribution in [-0.2, 0) is 0 Å². The fraction of sp³-hybridized carbons (Fsp3) is 0.235. The van der Waals surface area contributed by atoms with Crippen molar-refractivity contribution in [3.63, 3.8) is 0 Å². The van der Waals surface area contributed by atoms with Crippen LogP contribution in [0.15, 0.2) is 36.4 Å². The molecule has 0 saturated heterocycles. The van der Waals surface area contributed by atoms with Crippen LogP contribution in [0.2, 0.25) is 0 Å². The van der Waals surface area contributed by atoms with Crippen molar-refractivity contribution in [2.75, 3.05) is 12.3 Å². The van der Waals surface area contributed by atoms with E-state index in [0.29, 0.717) is 23.5 Å². The van der Waals surface area contributed by atoms with E-state index in [1.165, 1.54) is 0 Å². The third-order valence-electron chi connectivity index (χ3n) is 3.15. The second-order valence-electron chi connectivity index (χ2n) is 4.99. The summed E-state index contributed by atoms with van der Waals surface area (Å²) in [6.07, 6.45) is 0. The smallest absolute Gasteiger partial charge is 0.255 e. The van der Waals surface area contributed by atoms with Crippen molar-refractivity contribution in [3.8, 4) is 11.5 Å². The number of hydrogen-bond donors (Lipinski definition) is 2. The molecule has 0 spiro atoms. The van der Waals surface area contributed by atoms with Gasteiger partial charge < -0.3 is 15.8 Å². The molecule has 110 valence electrons. The standard InChI is InChI=1S/C17H20N2O2/c1-4-19-17(20)14-8-7-13(18)10-16(14)21-15-9-11(2)5-6-12(15)3/h5-10H,4,18H2,1-3H3,(H,19,20). The van der Waals surface area contributed by atoms with Gasteiger partial charge >= 0.3 is 0 Å². The van der Waals surface area contributed by atoms with Gasteiger partial charge in [0.05, 0.1) is 5.56 Å². The maximum absolute atomic E-state index is 12.1. The van der Waals surface area contributed by atoms with Crippen LogP contribution in [0, 0.1) is 13.8 Å². The summed E-state index contributed by atoms with van der Waals surface area (Å²) in [5, 5.41) is 2.77. The summed E-state index contributed by atoms with van der Waals surface area (Å²) in [6, 6.07) is 11.0. The molecule has 1 amide bonds. The number of carbonyl (C=O) groups is 1. The first-order chi connectivity index (χ1) is 10.0. The summed E-state index contributed by atoms with van der Waals surface area (Å²) in [5.74, 6) is 1.03. The Kier molecular flexibility index (Phi) is 4.48. The van der Waals surface area contributed by atoms with E-state index in [1.807, 2.05) is 39.0 Å². The van der Waals surface area contributed by atoms with E-state index in [-0.39, 0.29) is 5.91 Å². The first-order valence-electron chi connectivity index (χ1n) is 6.94. The zero-order valence-electron chi connectivity index (χ0n) is 12.6. The summed E-state index contributed by atoms with van der Waals surface area (Å²) in [6.45, 7) is 6.40. The van der Waals surface area contributed by atoms with Crippen LogP contribution >= 0.6 is 0 Å². The molecule has 0 radical (unpaired) electrons. The highest BCUT2D eigenvalue weighted by atomic mass is 16.5. The number of nitrogen functional groups attached to an aromatic ring is 1. The summed E-state index contributed by atoms with van der Waals surface area (Å²) < 4.78 is 5.93. The monoisotopic (exact) mass is 284 g/mol. The highest BCUT2D eigenvalue weighted by molar-refractivity contribution is 5.97. The zero-order valence-corrected chi connectivity index (χ0v) is 12.6. The first kappa shape index (κ1) is 14.9. The molecule has 4 heteroatoms. The Bertz CT molecular complexity index is 666. The molecule has 0 atom stereocenters. The molecule has 0 saturated carbocycles. The Morgan fingerprint density at radius 2 is 1.90 bits per heavy atom. The van der Waals surface area contributed by atoms with Crippen molar-refractivity contribution in [3.05, 3.63) is 53.1 Å². The van der Waals surface area contributed by atoms with Gasteiger partial charge in [-0.3, -0.25) is 4.79 Å². The first-order valence-corrected chi connectivity index (χ1v) is 6.94. The number of nitrogens with one attached hydrogen (secondary N) is 1. The highest BCUT2D eigenvalue weighted by Crippen LogP contribution is 2.30. The van der Waals surface area contributed by atoms with E-state index < -0.39 is 0 Å². The number of rotatable bonds is 4. The number of anilines is 1. The average Bonchev–Trinajstić information content (AvgIpc) is 2.43. The van der Waals surface area contributed by atoms with Crippen LogP contribution in [0.4, 0.5) is 5.69 Å². The van der Waals surface area contributed by atoms with E-state index in [1.54, 1.807) is 18.2 Å². The highest BCUT2D eigenvalue weighted by Gasteiger charge is 2.14. The summed E-state index contributed by atoms with van der Waals surface area (Å²) in [5.41, 5.74) is 8.95. The van der Waals surface area contributed by atoms with Gasteiger partial charge in [0.1, 0.15) is 11.5 Å². The van der Waals surface area contributed by atoms with Crippen LogP contribution in [0.1, 0.15) is 28.4 Å². The minimum absolute atomic E-state index is 0.169. The second-order valence-corrected chi connectivity index (χ2v) is 4.99. The maximum Gasteiger partial charge on any atom is 0.255 e. The number of hydrogen-bond acceptors (Lipinski definition) is 3. The molecule has 4 nitrogen and oxygen atoms in total. The van der Waals surface area contributed by atoms with Crippen LogP contribution < -0.4 is 15.8 Å². The molecule has 0 fully saturated rings. The van der Waals surface area contributed by atoms with Crippen LogP contribution in [-0.4, -0.2) is 12.5 Å². The third kappa shape index (κ3) is 3.54. The van der Waals surface area contributed by atoms with E-state index >= 15 is 0 Å². The molecule has 0 aromatic heterocycles. The van der Waals surface area contributed by atoms with Gasteiger partial charge in [-0.1, -0.05) is 12.1 Å². The summed E-state index contributed by atoms with van der Waals surface area (Å²) in [4.78, 5) is 12.1. The van der Waals surface area contributed by atoms with Crippen LogP contribution in [0.5, 0.6) is 11.5 Å². The molecular formula is C17H20N2O2. The molecule has 0 heterocycles. The maximum atomic E-state index is 12.1. The lowest BCUT2D eigenvalue weighted by Gasteiger charge is -2.14. The number of ether oxygens (including phenoxy) is 1. The van der Waals surface area contributed by atoms with Crippen molar-refractivity contribution >= 4 is 11.6 Å². The quantitative estimate of drug-likeness (QED) is 0.845. The van der Waals surface area contributed by atoms with E-state index in [2.05, 4.69) is 5.32 Å². The number of benzene rings is 2. The van der Waals surface area contributed by atoms with Gasteiger partial charge in [0.15, 0.2) is 0 Å². The Labute approximate surface area is 124 Å². The minimum Gasteiger partial charge on any atom is -0.456 e. The van der Waals surface area contributed by atoms with Crippen molar-refractivity contribution in [2.24, 2.45) is 0 Å². The topological polar surface area (TPSA) is 64.4 Å². The second kappa shape index (κ2) is 6.31. The predicted molar refractivity (Wildman–Crippen MR) is 84.9 cm³/mol. The fourth-order valence-corrected chi connectivity index (χ4v) is 2.00. The van der Waals surface area contributed by atoms with Crippen molar-refractivity contribution in [1.29, 1.82) is 0 Å². The van der Waals surface area contributed by atoms with Crippen molar-refractivity contribution in [1.82, 2.24) is 5.32 Å². The van der Waals surface area contributed by atoms with Gasteiger partial charge in [-0.15, -0.1) is 0 Å². The van der Waals surface area contributed by atoms with E-state index in [4.69, 9.17) is 10.5 Å². The van der Waals surface area contributed by atoms with Crippen molar-refractivity contribution < 1.29 is 9.53 Å². The molecule has 0 aliphatic rings. The molecule has 2 aromatic carbocycles. The molecule has 0 aliphatic carbocycles. The van der Waals surface area contributed by atoms with E-state index in [9.17, 15) is 4.79 Å². The average molecular weight is 284 g/mol. The van der Waals surface area contributed by atoms with E-state index in [0.717, 1.165) is 16.9 Å². The summed E-state index contributed by atoms with van der Waals surface area (Å²) >= 11 is 0.